The summed E-state index contributed by atoms with van der Waals surface area (Å²) in [4.78, 5) is 10.7. The molecule has 6 nitrogen and oxygen atoms in total. The van der Waals surface area contributed by atoms with Gasteiger partial charge in [-0.15, -0.1) is 0 Å². The molecule has 0 heterocycles. The van der Waals surface area contributed by atoms with Crippen molar-refractivity contribution < 1.29 is 25.2 Å². The van der Waals surface area contributed by atoms with Crippen molar-refractivity contribution in [3.8, 4) is 0 Å². The van der Waals surface area contributed by atoms with E-state index in [9.17, 15) is 15.0 Å². The number of hydrogen-bond acceptors (Lipinski definition) is 5. The van der Waals surface area contributed by atoms with Crippen LogP contribution in [0, 0.1) is 5.92 Å². The van der Waals surface area contributed by atoms with Gasteiger partial charge in [0.15, 0.2) is 0 Å². The van der Waals surface area contributed by atoms with Crippen molar-refractivity contribution in [2.24, 2.45) is 5.92 Å². The fraction of sp³-hybridized carbons (Fsp3) is 0.889. The number of aliphatic hydroxyl groups is 4. The smallest absolute Gasteiger partial charge is 0.217 e. The van der Waals surface area contributed by atoms with E-state index < -0.39 is 37.4 Å². The number of nitrogens with one attached hydrogen (secondary N) is 1. The molecule has 4 atom stereocenters. The molecule has 0 aliphatic carbocycles. The number of rotatable bonds is 6. The summed E-state index contributed by atoms with van der Waals surface area (Å²) in [6.45, 7) is 1.85. The van der Waals surface area contributed by atoms with Gasteiger partial charge in [0.25, 0.3) is 0 Å². The predicted molar refractivity (Wildman–Crippen MR) is 53.0 cm³/mol. The van der Waals surface area contributed by atoms with Gasteiger partial charge in [-0.05, 0) is 6.92 Å². The molecule has 0 aromatic heterocycles. The molecule has 0 aliphatic rings. The van der Waals surface area contributed by atoms with E-state index in [2.05, 4.69) is 5.32 Å². The maximum absolute atomic E-state index is 10.7. The summed E-state index contributed by atoms with van der Waals surface area (Å²) in [6, 6.07) is -0.596. The molecule has 0 aromatic rings. The van der Waals surface area contributed by atoms with Crippen LogP contribution in [0.15, 0.2) is 0 Å². The molecule has 0 radical (unpaired) electrons. The van der Waals surface area contributed by atoms with Crippen LogP contribution >= 0.6 is 0 Å². The van der Waals surface area contributed by atoms with Crippen LogP contribution in [0.5, 0.6) is 0 Å². The molecule has 0 bridgehead atoms. The molecular weight excluding hydrogens is 202 g/mol. The van der Waals surface area contributed by atoms with Crippen molar-refractivity contribution >= 4 is 5.91 Å². The van der Waals surface area contributed by atoms with Gasteiger partial charge in [0.1, 0.15) is 0 Å². The zero-order valence-electron chi connectivity index (χ0n) is 8.92. The average molecular weight is 221 g/mol. The van der Waals surface area contributed by atoms with E-state index in [-0.39, 0.29) is 5.91 Å². The largest absolute Gasteiger partial charge is 0.396 e. The second-order valence-electron chi connectivity index (χ2n) is 3.58. The van der Waals surface area contributed by atoms with Crippen molar-refractivity contribution in [1.82, 2.24) is 5.32 Å². The standard InChI is InChI=1S/C9H19NO5/c1-5(10-6(2)13)9(15)7(3-11)8(14)4-12/h5,7-9,11-12,14-15H,3-4H2,1-2H3,(H,10,13)/t5-,7-,8?,9?/m0/s1. The molecule has 90 valence electrons. The van der Waals surface area contributed by atoms with Crippen molar-refractivity contribution in [2.75, 3.05) is 13.2 Å². The molecule has 2 unspecified atom stereocenters. The summed E-state index contributed by atoms with van der Waals surface area (Å²) in [5.41, 5.74) is 0. The zero-order chi connectivity index (χ0) is 12.0. The Bertz CT molecular complexity index is 199. The van der Waals surface area contributed by atoms with E-state index in [1.807, 2.05) is 0 Å². The average Bonchev–Trinajstić information content (AvgIpc) is 2.17. The molecule has 0 saturated heterocycles. The fourth-order valence-electron chi connectivity index (χ4n) is 1.37. The summed E-state index contributed by atoms with van der Waals surface area (Å²) in [7, 11) is 0. The maximum atomic E-state index is 10.7. The Labute approximate surface area is 88.5 Å². The Morgan fingerprint density at radius 1 is 1.27 bits per heavy atom. The summed E-state index contributed by atoms with van der Waals surface area (Å²) in [5, 5.41) is 39.0. The highest BCUT2D eigenvalue weighted by Gasteiger charge is 2.30. The highest BCUT2D eigenvalue weighted by Crippen LogP contribution is 2.12. The summed E-state index contributed by atoms with van der Waals surface area (Å²) < 4.78 is 0. The van der Waals surface area contributed by atoms with E-state index in [0.29, 0.717) is 0 Å². The summed E-state index contributed by atoms with van der Waals surface area (Å²) in [6.07, 6.45) is -2.32. The lowest BCUT2D eigenvalue weighted by Gasteiger charge is -2.29. The van der Waals surface area contributed by atoms with Crippen LogP contribution in [-0.2, 0) is 4.79 Å². The van der Waals surface area contributed by atoms with Gasteiger partial charge in [0, 0.05) is 12.8 Å². The maximum Gasteiger partial charge on any atom is 0.217 e. The first-order valence-electron chi connectivity index (χ1n) is 4.79. The first-order chi connectivity index (χ1) is 6.93. The number of carbonyl (C=O) groups is 1. The Balaban J connectivity index is 4.36. The summed E-state index contributed by atoms with van der Waals surface area (Å²) >= 11 is 0. The van der Waals surface area contributed by atoms with Crippen LogP contribution in [0.25, 0.3) is 0 Å². The number of carbonyl (C=O) groups excluding carboxylic acids is 1. The van der Waals surface area contributed by atoms with Gasteiger partial charge in [-0.3, -0.25) is 4.79 Å². The molecule has 0 spiro atoms. The van der Waals surface area contributed by atoms with Gasteiger partial charge in [-0.2, -0.15) is 0 Å². The second-order valence-corrected chi connectivity index (χ2v) is 3.58. The van der Waals surface area contributed by atoms with E-state index in [0.717, 1.165) is 0 Å². The lowest BCUT2D eigenvalue weighted by atomic mass is 9.92. The summed E-state index contributed by atoms with van der Waals surface area (Å²) in [5.74, 6) is -1.19. The van der Waals surface area contributed by atoms with Gasteiger partial charge < -0.3 is 25.7 Å². The van der Waals surface area contributed by atoms with Crippen LogP contribution in [0.2, 0.25) is 0 Å². The molecule has 6 heteroatoms. The van der Waals surface area contributed by atoms with Crippen molar-refractivity contribution in [1.29, 1.82) is 0 Å². The lowest BCUT2D eigenvalue weighted by Crippen LogP contribution is -2.49. The highest BCUT2D eigenvalue weighted by atomic mass is 16.3. The van der Waals surface area contributed by atoms with Gasteiger partial charge in [-0.25, -0.2) is 0 Å². The minimum Gasteiger partial charge on any atom is -0.396 e. The van der Waals surface area contributed by atoms with Crippen LogP contribution < -0.4 is 5.32 Å². The topological polar surface area (TPSA) is 110 Å². The van der Waals surface area contributed by atoms with E-state index >= 15 is 0 Å². The number of amides is 1. The molecule has 1 amide bonds. The van der Waals surface area contributed by atoms with Gasteiger partial charge in [0.05, 0.1) is 31.5 Å². The van der Waals surface area contributed by atoms with Gasteiger partial charge in [0.2, 0.25) is 5.91 Å². The fourth-order valence-corrected chi connectivity index (χ4v) is 1.37. The minimum atomic E-state index is -1.21. The Morgan fingerprint density at radius 2 is 1.80 bits per heavy atom. The van der Waals surface area contributed by atoms with Gasteiger partial charge in [-0.1, -0.05) is 0 Å². The minimum absolute atomic E-state index is 0.309. The quantitative estimate of drug-likeness (QED) is 0.351. The van der Waals surface area contributed by atoms with Crippen molar-refractivity contribution in [3.63, 3.8) is 0 Å². The molecular formula is C9H19NO5. The third-order valence-corrected chi connectivity index (χ3v) is 2.27. The molecule has 0 aliphatic heterocycles. The molecule has 15 heavy (non-hydrogen) atoms. The van der Waals surface area contributed by atoms with Crippen LogP contribution in [-0.4, -0.2) is 57.8 Å². The van der Waals surface area contributed by atoms with Gasteiger partial charge >= 0.3 is 0 Å². The number of aliphatic hydroxyl groups excluding tert-OH is 4. The number of hydrogen-bond donors (Lipinski definition) is 5. The van der Waals surface area contributed by atoms with Crippen LogP contribution in [0.1, 0.15) is 13.8 Å². The van der Waals surface area contributed by atoms with E-state index in [1.165, 1.54) is 6.92 Å². The Hall–Kier alpha value is -0.690. The van der Waals surface area contributed by atoms with E-state index in [4.69, 9.17) is 10.2 Å². The Kier molecular flexibility index (Phi) is 6.42. The SMILES string of the molecule is CC(=O)N[C@@H](C)C(O)[C@@H](CO)C(O)CO. The van der Waals surface area contributed by atoms with E-state index in [1.54, 1.807) is 6.92 Å². The van der Waals surface area contributed by atoms with Crippen molar-refractivity contribution in [2.45, 2.75) is 32.1 Å². The molecule has 0 saturated carbocycles. The lowest BCUT2D eigenvalue weighted by molar-refractivity contribution is -0.121. The highest BCUT2D eigenvalue weighted by molar-refractivity contribution is 5.73. The second kappa shape index (κ2) is 6.73. The third-order valence-electron chi connectivity index (χ3n) is 2.27. The molecule has 5 N–H and O–H groups in total. The zero-order valence-corrected chi connectivity index (χ0v) is 8.92. The van der Waals surface area contributed by atoms with Crippen molar-refractivity contribution in [3.05, 3.63) is 0 Å². The predicted octanol–water partition coefficient (Wildman–Crippen LogP) is -2.17. The first-order valence-corrected chi connectivity index (χ1v) is 4.79. The van der Waals surface area contributed by atoms with Crippen LogP contribution in [0.3, 0.4) is 0 Å². The van der Waals surface area contributed by atoms with Crippen LogP contribution in [0.4, 0.5) is 0 Å². The first kappa shape index (κ1) is 14.3. The molecule has 0 fully saturated rings. The molecule has 0 rings (SSSR count). The third kappa shape index (κ3) is 4.57. The monoisotopic (exact) mass is 221 g/mol. The Morgan fingerprint density at radius 3 is 2.13 bits per heavy atom. The molecule has 0 aromatic carbocycles. The normalized spacial score (nSPS) is 19.1.